The lowest BCUT2D eigenvalue weighted by molar-refractivity contribution is -0.143. The van der Waals surface area contributed by atoms with Gasteiger partial charge in [-0.15, -0.1) is 0 Å². The van der Waals surface area contributed by atoms with E-state index in [1.165, 1.54) is 17.2 Å². The summed E-state index contributed by atoms with van der Waals surface area (Å²) in [5.74, 6) is -1.83. The summed E-state index contributed by atoms with van der Waals surface area (Å²) in [6, 6.07) is 8.75. The van der Waals surface area contributed by atoms with E-state index in [2.05, 4.69) is 0 Å². The van der Waals surface area contributed by atoms with Gasteiger partial charge in [0.25, 0.3) is 11.8 Å². The van der Waals surface area contributed by atoms with Gasteiger partial charge in [-0.05, 0) is 24.3 Å². The number of carboxylic acids is 1. The minimum absolute atomic E-state index is 0.0516. The number of carbonyl (C=O) groups is 3. The molecule has 8 nitrogen and oxygen atoms in total. The number of likely N-dealkylation sites (tertiary alicyclic amines) is 1. The smallest absolute Gasteiger partial charge is 0.328 e. The highest BCUT2D eigenvalue weighted by Crippen LogP contribution is 2.39. The molecule has 152 valence electrons. The standard InChI is InChI=1S/C20H19ClN2O6/c21-14-5-2-1-4-13(14)17(24)22-9-7-20(8-10-22)23(15(12-29-20)19(26)27)18(25)16-6-3-11-28-16/h1-6,11,15H,7-10,12H2,(H,26,27)/t15-/m1/s1. The van der Waals surface area contributed by atoms with Gasteiger partial charge in [0, 0.05) is 25.9 Å². The molecular weight excluding hydrogens is 400 g/mol. The van der Waals surface area contributed by atoms with Crippen molar-refractivity contribution in [1.29, 1.82) is 0 Å². The number of hydrogen-bond donors (Lipinski definition) is 1. The zero-order valence-electron chi connectivity index (χ0n) is 15.4. The van der Waals surface area contributed by atoms with E-state index in [1.54, 1.807) is 35.2 Å². The van der Waals surface area contributed by atoms with Gasteiger partial charge in [-0.2, -0.15) is 0 Å². The Balaban J connectivity index is 1.55. The van der Waals surface area contributed by atoms with E-state index >= 15 is 0 Å². The number of furan rings is 1. The fourth-order valence-corrected chi connectivity index (χ4v) is 4.16. The Morgan fingerprint density at radius 3 is 2.41 bits per heavy atom. The van der Waals surface area contributed by atoms with Gasteiger partial charge in [0.15, 0.2) is 11.8 Å². The van der Waals surface area contributed by atoms with Crippen LogP contribution in [-0.2, 0) is 9.53 Å². The summed E-state index contributed by atoms with van der Waals surface area (Å²) in [5.41, 5.74) is -0.686. The van der Waals surface area contributed by atoms with Crippen molar-refractivity contribution in [3.05, 3.63) is 59.0 Å². The second-order valence-electron chi connectivity index (χ2n) is 7.04. The van der Waals surface area contributed by atoms with Crippen LogP contribution in [0.3, 0.4) is 0 Å². The van der Waals surface area contributed by atoms with Crippen molar-refractivity contribution in [2.45, 2.75) is 24.6 Å². The maximum Gasteiger partial charge on any atom is 0.328 e. The van der Waals surface area contributed by atoms with Gasteiger partial charge in [-0.25, -0.2) is 4.79 Å². The summed E-state index contributed by atoms with van der Waals surface area (Å²) in [4.78, 5) is 40.4. The molecule has 0 unspecified atom stereocenters. The van der Waals surface area contributed by atoms with E-state index in [0.29, 0.717) is 36.5 Å². The Hall–Kier alpha value is -2.84. The van der Waals surface area contributed by atoms with Gasteiger partial charge < -0.3 is 19.2 Å². The molecule has 2 amide bonds. The van der Waals surface area contributed by atoms with Crippen LogP contribution in [-0.4, -0.2) is 64.2 Å². The second-order valence-corrected chi connectivity index (χ2v) is 7.44. The van der Waals surface area contributed by atoms with Crippen LogP contribution in [0, 0.1) is 0 Å². The van der Waals surface area contributed by atoms with E-state index in [4.69, 9.17) is 20.8 Å². The molecule has 9 heteroatoms. The van der Waals surface area contributed by atoms with Crippen LogP contribution in [0.4, 0.5) is 0 Å². The van der Waals surface area contributed by atoms with E-state index in [9.17, 15) is 19.5 Å². The highest BCUT2D eigenvalue weighted by Gasteiger charge is 2.55. The van der Waals surface area contributed by atoms with Crippen LogP contribution in [0.1, 0.15) is 33.8 Å². The molecule has 1 aromatic carbocycles. The van der Waals surface area contributed by atoms with Crippen LogP contribution in [0.5, 0.6) is 0 Å². The van der Waals surface area contributed by atoms with Crippen molar-refractivity contribution in [2.24, 2.45) is 0 Å². The lowest BCUT2D eigenvalue weighted by Crippen LogP contribution is -2.58. The largest absolute Gasteiger partial charge is 0.480 e. The maximum absolute atomic E-state index is 13.0. The van der Waals surface area contributed by atoms with Crippen molar-refractivity contribution in [3.8, 4) is 0 Å². The van der Waals surface area contributed by atoms with E-state index in [-0.39, 0.29) is 18.3 Å². The average molecular weight is 419 g/mol. The first kappa shape index (κ1) is 19.5. The number of carboxylic acid groups (broad SMARTS) is 1. The first-order valence-corrected chi connectivity index (χ1v) is 9.58. The molecule has 2 saturated heterocycles. The number of rotatable bonds is 3. The molecule has 2 aliphatic heterocycles. The molecule has 0 aliphatic carbocycles. The molecule has 0 bridgehead atoms. The van der Waals surface area contributed by atoms with Crippen LogP contribution >= 0.6 is 11.6 Å². The molecule has 3 heterocycles. The number of amides is 2. The van der Waals surface area contributed by atoms with E-state index in [1.807, 2.05) is 0 Å². The molecule has 4 rings (SSSR count). The third-order valence-electron chi connectivity index (χ3n) is 5.43. The van der Waals surface area contributed by atoms with Crippen LogP contribution in [0.25, 0.3) is 0 Å². The van der Waals surface area contributed by atoms with Gasteiger partial charge in [-0.1, -0.05) is 23.7 Å². The topological polar surface area (TPSA) is 100 Å². The number of hydrogen-bond acceptors (Lipinski definition) is 5. The van der Waals surface area contributed by atoms with Crippen molar-refractivity contribution >= 4 is 29.4 Å². The van der Waals surface area contributed by atoms with Crippen molar-refractivity contribution in [3.63, 3.8) is 0 Å². The normalized spacial score (nSPS) is 20.8. The zero-order chi connectivity index (χ0) is 20.6. The van der Waals surface area contributed by atoms with Crippen LogP contribution < -0.4 is 0 Å². The van der Waals surface area contributed by atoms with Crippen LogP contribution in [0.15, 0.2) is 47.1 Å². The third kappa shape index (κ3) is 3.38. The van der Waals surface area contributed by atoms with Gasteiger partial charge in [-0.3, -0.25) is 14.5 Å². The summed E-state index contributed by atoms with van der Waals surface area (Å²) < 4.78 is 11.0. The highest BCUT2D eigenvalue weighted by molar-refractivity contribution is 6.33. The minimum Gasteiger partial charge on any atom is -0.480 e. The monoisotopic (exact) mass is 418 g/mol. The molecule has 2 aliphatic rings. The predicted molar refractivity (Wildman–Crippen MR) is 102 cm³/mol. The van der Waals surface area contributed by atoms with Crippen molar-refractivity contribution < 1.29 is 28.6 Å². The van der Waals surface area contributed by atoms with Crippen molar-refractivity contribution in [2.75, 3.05) is 19.7 Å². The Kier molecular flexibility index (Phi) is 5.06. The number of aliphatic carboxylic acids is 1. The molecule has 1 atom stereocenters. The predicted octanol–water partition coefficient (Wildman–Crippen LogP) is 2.49. The average Bonchev–Trinajstić information content (AvgIpc) is 3.37. The molecule has 2 aromatic rings. The van der Waals surface area contributed by atoms with Crippen molar-refractivity contribution in [1.82, 2.24) is 9.80 Å². The van der Waals surface area contributed by atoms with E-state index < -0.39 is 23.6 Å². The fourth-order valence-electron chi connectivity index (χ4n) is 3.94. The van der Waals surface area contributed by atoms with Gasteiger partial charge >= 0.3 is 5.97 Å². The van der Waals surface area contributed by atoms with Gasteiger partial charge in [0.1, 0.15) is 5.72 Å². The Bertz CT molecular complexity index is 936. The molecular formula is C20H19ClN2O6. The molecule has 1 N–H and O–H groups in total. The van der Waals surface area contributed by atoms with E-state index in [0.717, 1.165) is 0 Å². The molecule has 0 saturated carbocycles. The Morgan fingerprint density at radius 1 is 1.07 bits per heavy atom. The molecule has 2 fully saturated rings. The number of piperidine rings is 1. The summed E-state index contributed by atoms with van der Waals surface area (Å²) >= 11 is 6.13. The third-order valence-corrected chi connectivity index (χ3v) is 5.76. The van der Waals surface area contributed by atoms with Gasteiger partial charge in [0.2, 0.25) is 0 Å². The lowest BCUT2D eigenvalue weighted by atomic mass is 9.96. The number of benzene rings is 1. The fraction of sp³-hybridized carbons (Fsp3) is 0.350. The van der Waals surface area contributed by atoms with Gasteiger partial charge in [0.05, 0.1) is 23.5 Å². The summed E-state index contributed by atoms with van der Waals surface area (Å²) in [6.45, 7) is 0.497. The number of nitrogens with zero attached hydrogens (tertiary/aromatic N) is 2. The minimum atomic E-state index is -1.14. The number of carbonyl (C=O) groups excluding carboxylic acids is 2. The Labute approximate surface area is 171 Å². The summed E-state index contributed by atoms with van der Waals surface area (Å²) in [7, 11) is 0. The Morgan fingerprint density at radius 2 is 1.79 bits per heavy atom. The summed E-state index contributed by atoms with van der Waals surface area (Å²) in [6.07, 6.45) is 1.94. The zero-order valence-corrected chi connectivity index (χ0v) is 16.2. The number of ether oxygens (including phenoxy) is 1. The summed E-state index contributed by atoms with van der Waals surface area (Å²) in [5, 5.41) is 9.95. The molecule has 1 spiro atoms. The quantitative estimate of drug-likeness (QED) is 0.821. The highest BCUT2D eigenvalue weighted by atomic mass is 35.5. The first-order chi connectivity index (χ1) is 13.9. The maximum atomic E-state index is 13.0. The molecule has 29 heavy (non-hydrogen) atoms. The number of halogens is 1. The lowest BCUT2D eigenvalue weighted by Gasteiger charge is -2.44. The SMILES string of the molecule is O=C(O)[C@H]1COC2(CCN(C(=O)c3ccccc3Cl)CC2)N1C(=O)c1ccco1. The van der Waals surface area contributed by atoms with Crippen LogP contribution in [0.2, 0.25) is 5.02 Å². The second kappa shape index (κ2) is 7.53. The molecule has 0 radical (unpaired) electrons. The molecule has 1 aromatic heterocycles. The first-order valence-electron chi connectivity index (χ1n) is 9.21.